The van der Waals surface area contributed by atoms with E-state index in [1.807, 2.05) is 57.2 Å². The predicted molar refractivity (Wildman–Crippen MR) is 139 cm³/mol. The van der Waals surface area contributed by atoms with Gasteiger partial charge in [-0.2, -0.15) is 0 Å². The normalized spacial score (nSPS) is 23.0. The number of rotatable bonds is 3. The fourth-order valence-electron chi connectivity index (χ4n) is 4.90. The summed E-state index contributed by atoms with van der Waals surface area (Å²) in [7, 11) is 0. The van der Waals surface area contributed by atoms with Gasteiger partial charge in [-0.3, -0.25) is 9.69 Å². The molecule has 1 amide bonds. The largest absolute Gasteiger partial charge is 0.467 e. The number of anilines is 2. The molecule has 2 bridgehead atoms. The van der Waals surface area contributed by atoms with E-state index in [-0.39, 0.29) is 11.7 Å². The van der Waals surface area contributed by atoms with Gasteiger partial charge in [0, 0.05) is 21.4 Å². The first-order valence-corrected chi connectivity index (χ1v) is 12.1. The van der Waals surface area contributed by atoms with Gasteiger partial charge >= 0.3 is 0 Å². The van der Waals surface area contributed by atoms with E-state index in [2.05, 4.69) is 26.6 Å². The minimum Gasteiger partial charge on any atom is -0.467 e. The number of hydrogen-bond acceptors (Lipinski definition) is 3. The molecule has 3 aromatic carbocycles. The third-order valence-corrected chi connectivity index (χ3v) is 7.26. The molecule has 174 valence electrons. The van der Waals surface area contributed by atoms with E-state index >= 15 is 0 Å². The zero-order valence-electron chi connectivity index (χ0n) is 18.9. The van der Waals surface area contributed by atoms with Crippen LogP contribution in [0.4, 0.5) is 15.8 Å². The summed E-state index contributed by atoms with van der Waals surface area (Å²) in [6.45, 7) is 5.83. The van der Waals surface area contributed by atoms with Gasteiger partial charge in [0.2, 0.25) is 5.91 Å². The molecule has 5 rings (SSSR count). The van der Waals surface area contributed by atoms with Crippen LogP contribution in [-0.2, 0) is 4.79 Å². The van der Waals surface area contributed by atoms with Crippen molar-refractivity contribution in [1.29, 1.82) is 0 Å². The van der Waals surface area contributed by atoms with E-state index in [0.717, 1.165) is 26.9 Å². The number of halogens is 2. The number of benzene rings is 3. The van der Waals surface area contributed by atoms with E-state index in [0.29, 0.717) is 16.5 Å². The molecular weight excluding hydrogens is 517 g/mol. The number of hydrogen-bond donors (Lipinski definition) is 2. The topological polar surface area (TPSA) is 53.6 Å². The van der Waals surface area contributed by atoms with Crippen molar-refractivity contribution in [3.8, 4) is 5.75 Å². The number of aryl methyl sites for hydroxylation is 2. The molecular formula is C26H23BrFN3O2S. The molecule has 3 unspecified atom stereocenters. The molecule has 2 aliphatic heterocycles. The zero-order chi connectivity index (χ0) is 24.2. The van der Waals surface area contributed by atoms with Crippen LogP contribution in [-0.4, -0.2) is 16.7 Å². The number of nitrogens with one attached hydrogen (secondary N) is 2. The molecule has 8 heteroatoms. The van der Waals surface area contributed by atoms with Crippen molar-refractivity contribution < 1.29 is 13.9 Å². The van der Waals surface area contributed by atoms with Gasteiger partial charge in [-0.05, 0) is 87.1 Å². The van der Waals surface area contributed by atoms with Gasteiger partial charge in [0.25, 0.3) is 0 Å². The predicted octanol–water partition coefficient (Wildman–Crippen LogP) is 6.00. The van der Waals surface area contributed by atoms with Crippen LogP contribution >= 0.6 is 28.1 Å². The Morgan fingerprint density at radius 3 is 2.59 bits per heavy atom. The van der Waals surface area contributed by atoms with E-state index in [1.54, 1.807) is 17.0 Å². The highest BCUT2D eigenvalue weighted by atomic mass is 79.9. The fourth-order valence-corrected chi connectivity index (χ4v) is 5.69. The van der Waals surface area contributed by atoms with Crippen LogP contribution in [0.2, 0.25) is 0 Å². The van der Waals surface area contributed by atoms with Crippen LogP contribution < -0.4 is 20.3 Å². The summed E-state index contributed by atoms with van der Waals surface area (Å²) in [5.41, 5.74) is 3.15. The van der Waals surface area contributed by atoms with Gasteiger partial charge in [-0.15, -0.1) is 0 Å². The molecule has 0 saturated carbocycles. The van der Waals surface area contributed by atoms with Crippen molar-refractivity contribution in [2.75, 3.05) is 10.2 Å². The van der Waals surface area contributed by atoms with Gasteiger partial charge in [0.1, 0.15) is 17.5 Å². The number of carbonyl (C=O) groups is 1. The van der Waals surface area contributed by atoms with E-state index in [1.165, 1.54) is 12.1 Å². The molecule has 2 N–H and O–H groups in total. The van der Waals surface area contributed by atoms with Crippen LogP contribution in [0.5, 0.6) is 5.75 Å². The first kappa shape index (κ1) is 22.8. The van der Waals surface area contributed by atoms with Crippen molar-refractivity contribution in [1.82, 2.24) is 5.32 Å². The lowest BCUT2D eigenvalue weighted by molar-refractivity contribution is -0.130. The highest BCUT2D eigenvalue weighted by molar-refractivity contribution is 9.10. The minimum absolute atomic E-state index is 0.202. The number of amides is 1. The summed E-state index contributed by atoms with van der Waals surface area (Å²) in [5.74, 6) is -0.570. The highest BCUT2D eigenvalue weighted by Gasteiger charge is 2.59. The van der Waals surface area contributed by atoms with Gasteiger partial charge < -0.3 is 15.4 Å². The quantitative estimate of drug-likeness (QED) is 0.399. The average molecular weight is 540 g/mol. The van der Waals surface area contributed by atoms with E-state index < -0.39 is 17.7 Å². The average Bonchev–Trinajstić information content (AvgIpc) is 2.77. The summed E-state index contributed by atoms with van der Waals surface area (Å²) in [6, 6.07) is 17.2. The van der Waals surface area contributed by atoms with Crippen molar-refractivity contribution in [2.45, 2.75) is 32.5 Å². The first-order valence-electron chi connectivity index (χ1n) is 10.9. The van der Waals surface area contributed by atoms with Crippen LogP contribution in [0.1, 0.15) is 29.7 Å². The molecule has 5 nitrogen and oxygen atoms in total. The molecule has 0 radical (unpaired) electrons. The molecule has 3 atom stereocenters. The zero-order valence-corrected chi connectivity index (χ0v) is 21.3. The minimum atomic E-state index is -1.16. The number of carbonyl (C=O) groups excluding carboxylic acids is 1. The van der Waals surface area contributed by atoms with Crippen LogP contribution in [0.15, 0.2) is 65.1 Å². The van der Waals surface area contributed by atoms with E-state index in [4.69, 9.17) is 17.0 Å². The van der Waals surface area contributed by atoms with Crippen molar-refractivity contribution >= 4 is 50.5 Å². The van der Waals surface area contributed by atoms with Gasteiger partial charge in [-0.25, -0.2) is 4.39 Å². The first-order chi connectivity index (χ1) is 16.2. The van der Waals surface area contributed by atoms with Crippen molar-refractivity contribution in [3.63, 3.8) is 0 Å². The molecule has 0 spiro atoms. The number of nitrogens with zero attached hydrogens (tertiary/aromatic N) is 1. The number of thiocarbonyl (C=S) groups is 1. The van der Waals surface area contributed by atoms with E-state index in [9.17, 15) is 9.18 Å². The second-order valence-corrected chi connectivity index (χ2v) is 10.2. The summed E-state index contributed by atoms with van der Waals surface area (Å²) < 4.78 is 21.1. The lowest BCUT2D eigenvalue weighted by Crippen LogP contribution is -2.72. The smallest absolute Gasteiger partial charge is 0.236 e. The third-order valence-electron chi connectivity index (χ3n) is 6.47. The number of fused-ring (bicyclic) bond motifs is 4. The molecule has 0 aliphatic carbocycles. The Balaban J connectivity index is 1.63. The van der Waals surface area contributed by atoms with Gasteiger partial charge in [0.05, 0.1) is 6.04 Å². The molecule has 34 heavy (non-hydrogen) atoms. The summed E-state index contributed by atoms with van der Waals surface area (Å²) in [5, 5.41) is 6.87. The summed E-state index contributed by atoms with van der Waals surface area (Å²) >= 11 is 9.26. The molecule has 0 aromatic heterocycles. The molecule has 3 aromatic rings. The Morgan fingerprint density at radius 1 is 1.15 bits per heavy atom. The standard InChI is InChI=1S/C26H23BrFN3O2S/c1-14-4-10-20(15(2)12-14)29-24(32)22-23-19-13-16(27)5-11-21(19)33-26(22,3)31(25(34)30-23)18-8-6-17(28)7-9-18/h4-13,22-23H,1-3H3,(H,29,32)(H,30,34). The van der Waals surface area contributed by atoms with Crippen LogP contribution in [0, 0.1) is 25.6 Å². The van der Waals surface area contributed by atoms with Crippen molar-refractivity contribution in [3.05, 3.63) is 87.6 Å². The fraction of sp³-hybridized carbons (Fsp3) is 0.231. The maximum absolute atomic E-state index is 13.9. The van der Waals surface area contributed by atoms with Gasteiger partial charge in [-0.1, -0.05) is 33.6 Å². The molecule has 2 aliphatic rings. The Morgan fingerprint density at radius 2 is 1.88 bits per heavy atom. The lowest BCUT2D eigenvalue weighted by Gasteiger charge is -2.56. The second kappa shape index (κ2) is 8.36. The molecule has 1 saturated heterocycles. The maximum atomic E-state index is 13.9. The summed E-state index contributed by atoms with van der Waals surface area (Å²) in [4.78, 5) is 15.6. The number of ether oxygens (including phenoxy) is 1. The Bertz CT molecular complexity index is 1320. The van der Waals surface area contributed by atoms with Crippen LogP contribution in [0.25, 0.3) is 0 Å². The Labute approximate surface area is 211 Å². The summed E-state index contributed by atoms with van der Waals surface area (Å²) in [6.07, 6.45) is 0. The highest BCUT2D eigenvalue weighted by Crippen LogP contribution is 2.50. The molecule has 1 fully saturated rings. The monoisotopic (exact) mass is 539 g/mol. The van der Waals surface area contributed by atoms with Gasteiger partial charge in [0.15, 0.2) is 10.8 Å². The Hall–Kier alpha value is -2.97. The lowest BCUT2D eigenvalue weighted by atomic mass is 9.78. The second-order valence-electron chi connectivity index (χ2n) is 8.86. The van der Waals surface area contributed by atoms with Crippen LogP contribution in [0.3, 0.4) is 0 Å². The SMILES string of the molecule is Cc1ccc(NC(=O)C2C3NC(=S)N(c4ccc(F)cc4)C2(C)Oc2ccc(Br)cc23)c(C)c1. The molecule has 2 heterocycles. The van der Waals surface area contributed by atoms with Crippen molar-refractivity contribution in [2.24, 2.45) is 5.92 Å². The maximum Gasteiger partial charge on any atom is 0.236 e. The third kappa shape index (κ3) is 3.75. The Kier molecular flexibility index (Phi) is 5.61.